The van der Waals surface area contributed by atoms with Crippen LogP contribution in [0.5, 0.6) is 0 Å². The Hall–Kier alpha value is -4.75. The zero-order valence-electron chi connectivity index (χ0n) is 24.6. The van der Waals surface area contributed by atoms with Gasteiger partial charge in [0.25, 0.3) is 5.91 Å². The monoisotopic (exact) mass is 659 g/mol. The van der Waals surface area contributed by atoms with E-state index in [2.05, 4.69) is 47.9 Å². The van der Waals surface area contributed by atoms with Crippen molar-refractivity contribution in [3.63, 3.8) is 0 Å². The number of urea groups is 1. The molecule has 4 N–H and O–H groups in total. The number of anilines is 1. The Labute approximate surface area is 262 Å². The van der Waals surface area contributed by atoms with Crippen molar-refractivity contribution in [1.82, 2.24) is 26.0 Å². The molecule has 244 valence electrons. The van der Waals surface area contributed by atoms with Gasteiger partial charge in [-0.05, 0) is 80.8 Å². The SMILES string of the molecule is C#CC[n+]1c2c(cc3cc(NC(=O)NCCCCCNC(=O)c4ccc5n[nH]nc5c4)ccc31)CCCC2.O=S(=O)([O-])C(F)(F)F. The van der Waals surface area contributed by atoms with Crippen LogP contribution in [-0.2, 0) is 29.5 Å². The van der Waals surface area contributed by atoms with Gasteiger partial charge in [0.2, 0.25) is 12.1 Å². The highest BCUT2D eigenvalue weighted by atomic mass is 32.2. The maximum Gasteiger partial charge on any atom is 0.485 e. The van der Waals surface area contributed by atoms with Crippen LogP contribution in [0.25, 0.3) is 21.9 Å². The van der Waals surface area contributed by atoms with Crippen molar-refractivity contribution in [2.24, 2.45) is 0 Å². The minimum Gasteiger partial charge on any atom is -0.741 e. The Balaban J connectivity index is 0.000000533. The van der Waals surface area contributed by atoms with E-state index in [0.29, 0.717) is 30.7 Å². The third kappa shape index (κ3) is 8.92. The molecule has 0 bridgehead atoms. The summed E-state index contributed by atoms with van der Waals surface area (Å²) in [5.41, 5.74) is 0.852. The highest BCUT2D eigenvalue weighted by Gasteiger charge is 2.37. The minimum atomic E-state index is -6.09. The van der Waals surface area contributed by atoms with Crippen molar-refractivity contribution in [2.75, 3.05) is 18.4 Å². The number of carbonyl (C=O) groups excluding carboxylic acids is 2. The number of hydrogen-bond donors (Lipinski definition) is 4. The second kappa shape index (κ2) is 15.0. The summed E-state index contributed by atoms with van der Waals surface area (Å²) in [6.45, 7) is 1.68. The zero-order valence-corrected chi connectivity index (χ0v) is 25.4. The van der Waals surface area contributed by atoms with E-state index in [1.807, 2.05) is 18.2 Å². The van der Waals surface area contributed by atoms with Gasteiger partial charge in [0.05, 0.1) is 0 Å². The molecule has 1 aliphatic rings. The number of amides is 3. The first-order valence-electron chi connectivity index (χ1n) is 14.4. The lowest BCUT2D eigenvalue weighted by Gasteiger charge is -2.16. The molecule has 16 heteroatoms. The molecular formula is C30H32F3N7O5S. The van der Waals surface area contributed by atoms with E-state index in [4.69, 9.17) is 19.4 Å². The number of aromatic amines is 1. The number of carbonyl (C=O) groups is 2. The number of aromatic nitrogens is 4. The van der Waals surface area contributed by atoms with E-state index in [0.717, 1.165) is 54.2 Å². The fraction of sp³-hybridized carbons (Fsp3) is 0.367. The quantitative estimate of drug-likeness (QED) is 0.0698. The fourth-order valence-corrected chi connectivity index (χ4v) is 5.06. The summed E-state index contributed by atoms with van der Waals surface area (Å²) in [4.78, 5) is 24.8. The van der Waals surface area contributed by atoms with Crippen molar-refractivity contribution < 1.29 is 40.3 Å². The molecule has 1 aliphatic carbocycles. The molecule has 2 aromatic heterocycles. The van der Waals surface area contributed by atoms with Crippen LogP contribution in [-0.4, -0.2) is 58.9 Å². The summed E-state index contributed by atoms with van der Waals surface area (Å²) in [5.74, 6) is 2.66. The first kappa shape index (κ1) is 34.1. The number of alkyl halides is 3. The Morgan fingerprint density at radius 3 is 2.39 bits per heavy atom. The number of benzene rings is 2. The number of nitrogens with zero attached hydrogens (tertiary/aromatic N) is 3. The van der Waals surface area contributed by atoms with E-state index >= 15 is 0 Å². The average molecular weight is 660 g/mol. The predicted octanol–water partition coefficient (Wildman–Crippen LogP) is 3.68. The zero-order chi connectivity index (χ0) is 33.3. The Bertz CT molecular complexity index is 1870. The molecule has 2 aromatic carbocycles. The first-order chi connectivity index (χ1) is 21.9. The maximum atomic E-state index is 12.4. The number of aryl methyl sites for hydroxylation is 1. The Kier molecular flexibility index (Phi) is 11.1. The van der Waals surface area contributed by atoms with Gasteiger partial charge in [-0.3, -0.25) is 4.79 Å². The van der Waals surface area contributed by atoms with Crippen molar-refractivity contribution in [2.45, 2.75) is 57.0 Å². The molecule has 2 heterocycles. The maximum absolute atomic E-state index is 12.4. The lowest BCUT2D eigenvalue weighted by atomic mass is 9.94. The third-order valence-corrected chi connectivity index (χ3v) is 7.82. The molecule has 4 aromatic rings. The molecule has 3 amide bonds. The van der Waals surface area contributed by atoms with Crippen LogP contribution in [0.15, 0.2) is 42.5 Å². The number of pyridine rings is 1. The molecule has 46 heavy (non-hydrogen) atoms. The van der Waals surface area contributed by atoms with Crippen molar-refractivity contribution in [3.8, 4) is 12.3 Å². The molecule has 0 saturated heterocycles. The smallest absolute Gasteiger partial charge is 0.485 e. The summed E-state index contributed by atoms with van der Waals surface area (Å²) < 4.78 is 61.1. The number of fused-ring (bicyclic) bond motifs is 3. The number of H-pyrrole nitrogens is 1. The number of unbranched alkanes of at least 4 members (excludes halogenated alkanes) is 2. The standard InChI is InChI=1S/C29H31N7O2.CHF3O3S/c1-2-16-36-26-9-5-4-8-20(26)17-22-18-23(11-13-27(22)36)32-29(38)31-15-7-3-6-14-30-28(37)21-10-12-24-25(19-21)34-35-33-24;2-1(3,4)8(5,6)7/h1,10-13,17-19H,3-9,14-16H2,(H3-,30,31,32,33,34,35,37,38);(H,5,6,7). The summed E-state index contributed by atoms with van der Waals surface area (Å²) in [5, 5.41) is 20.4. The normalized spacial score (nSPS) is 12.8. The van der Waals surface area contributed by atoms with Gasteiger partial charge in [0.1, 0.15) is 11.0 Å². The van der Waals surface area contributed by atoms with E-state index in [9.17, 15) is 22.8 Å². The van der Waals surface area contributed by atoms with Crippen molar-refractivity contribution >= 4 is 49.7 Å². The van der Waals surface area contributed by atoms with Crippen LogP contribution in [0.2, 0.25) is 0 Å². The van der Waals surface area contributed by atoms with Crippen LogP contribution in [0, 0.1) is 12.3 Å². The van der Waals surface area contributed by atoms with Gasteiger partial charge < -0.3 is 20.5 Å². The lowest BCUT2D eigenvalue weighted by molar-refractivity contribution is -0.667. The third-order valence-electron chi connectivity index (χ3n) is 7.25. The lowest BCUT2D eigenvalue weighted by Crippen LogP contribution is -2.41. The van der Waals surface area contributed by atoms with Gasteiger partial charge in [0.15, 0.2) is 15.8 Å². The molecule has 5 rings (SSSR count). The van der Waals surface area contributed by atoms with Crippen LogP contribution < -0.4 is 20.5 Å². The number of hydrogen-bond acceptors (Lipinski definition) is 7. The van der Waals surface area contributed by atoms with Gasteiger partial charge >= 0.3 is 11.5 Å². The van der Waals surface area contributed by atoms with Crippen LogP contribution in [0.3, 0.4) is 0 Å². The largest absolute Gasteiger partial charge is 0.741 e. The van der Waals surface area contributed by atoms with Gasteiger partial charge in [0, 0.05) is 47.8 Å². The van der Waals surface area contributed by atoms with Gasteiger partial charge in [-0.25, -0.2) is 13.2 Å². The Morgan fingerprint density at radius 1 is 0.978 bits per heavy atom. The number of nitrogens with one attached hydrogen (secondary N) is 4. The van der Waals surface area contributed by atoms with Gasteiger partial charge in [-0.15, -0.1) is 6.42 Å². The summed E-state index contributed by atoms with van der Waals surface area (Å²) in [6.07, 6.45) is 12.7. The summed E-state index contributed by atoms with van der Waals surface area (Å²) >= 11 is 0. The van der Waals surface area contributed by atoms with E-state index in [1.165, 1.54) is 24.1 Å². The molecule has 0 fully saturated rings. The van der Waals surface area contributed by atoms with Crippen LogP contribution in [0.1, 0.15) is 53.7 Å². The van der Waals surface area contributed by atoms with Gasteiger partial charge in [-0.2, -0.15) is 33.1 Å². The van der Waals surface area contributed by atoms with Crippen LogP contribution in [0.4, 0.5) is 23.7 Å². The van der Waals surface area contributed by atoms with E-state index < -0.39 is 15.6 Å². The molecule has 0 atom stereocenters. The Morgan fingerprint density at radius 2 is 1.67 bits per heavy atom. The molecule has 0 unspecified atom stereocenters. The molecule has 12 nitrogen and oxygen atoms in total. The van der Waals surface area contributed by atoms with Gasteiger partial charge in [-0.1, -0.05) is 0 Å². The topological polar surface area (TPSA) is 173 Å². The van der Waals surface area contributed by atoms with Crippen molar-refractivity contribution in [3.05, 3.63) is 59.3 Å². The summed E-state index contributed by atoms with van der Waals surface area (Å²) in [7, 11) is -6.09. The molecule has 0 radical (unpaired) electrons. The first-order valence-corrected chi connectivity index (χ1v) is 15.9. The number of halogens is 3. The van der Waals surface area contributed by atoms with Crippen molar-refractivity contribution in [1.29, 1.82) is 0 Å². The predicted molar refractivity (Wildman–Crippen MR) is 162 cm³/mol. The number of rotatable bonds is 9. The molecule has 0 aliphatic heterocycles. The van der Waals surface area contributed by atoms with E-state index in [-0.39, 0.29) is 11.9 Å². The molecule has 0 spiro atoms. The minimum absolute atomic E-state index is 0.131. The fourth-order valence-electron chi connectivity index (χ4n) is 5.06. The highest BCUT2D eigenvalue weighted by Crippen LogP contribution is 2.25. The molecule has 0 saturated carbocycles. The second-order valence-corrected chi connectivity index (χ2v) is 11.9. The average Bonchev–Trinajstić information content (AvgIpc) is 3.48. The molecular weight excluding hydrogens is 627 g/mol. The second-order valence-electron chi connectivity index (χ2n) is 10.5. The summed E-state index contributed by atoms with van der Waals surface area (Å²) in [6, 6.07) is 13.2. The number of terminal acetylenes is 1. The highest BCUT2D eigenvalue weighted by molar-refractivity contribution is 7.86. The van der Waals surface area contributed by atoms with E-state index in [1.54, 1.807) is 18.2 Å². The van der Waals surface area contributed by atoms with Crippen LogP contribution >= 0.6 is 0 Å².